The highest BCUT2D eigenvalue weighted by Gasteiger charge is 2.12. The molecule has 0 heterocycles. The molecule has 0 fully saturated rings. The molecule has 0 unspecified atom stereocenters. The SMILES string of the molecule is Cc1ccc(N(c2ccc(C)cc2)c2ccc(OCCF)cc2)cc1. The summed E-state index contributed by atoms with van der Waals surface area (Å²) in [6, 6.07) is 24.6. The number of anilines is 3. The highest BCUT2D eigenvalue weighted by Crippen LogP contribution is 2.35. The molecular weight excluding hydrogens is 313 g/mol. The van der Waals surface area contributed by atoms with Crippen molar-refractivity contribution in [2.45, 2.75) is 13.8 Å². The lowest BCUT2D eigenvalue weighted by atomic mass is 10.1. The van der Waals surface area contributed by atoms with Crippen molar-refractivity contribution in [3.05, 3.63) is 83.9 Å². The predicted molar refractivity (Wildman–Crippen MR) is 102 cm³/mol. The van der Waals surface area contributed by atoms with Crippen molar-refractivity contribution in [2.24, 2.45) is 0 Å². The largest absolute Gasteiger partial charge is 0.491 e. The molecular formula is C22H22FNO. The summed E-state index contributed by atoms with van der Waals surface area (Å²) in [7, 11) is 0. The molecule has 3 rings (SSSR count). The lowest BCUT2D eigenvalue weighted by Gasteiger charge is -2.26. The topological polar surface area (TPSA) is 12.5 Å². The maximum atomic E-state index is 12.3. The van der Waals surface area contributed by atoms with Gasteiger partial charge in [-0.2, -0.15) is 0 Å². The second-order valence-corrected chi connectivity index (χ2v) is 6.04. The molecule has 3 aromatic carbocycles. The van der Waals surface area contributed by atoms with Crippen LogP contribution in [0.15, 0.2) is 72.8 Å². The van der Waals surface area contributed by atoms with E-state index in [9.17, 15) is 4.39 Å². The first-order valence-corrected chi connectivity index (χ1v) is 8.39. The number of hydrogen-bond acceptors (Lipinski definition) is 2. The summed E-state index contributed by atoms with van der Waals surface area (Å²) in [5.41, 5.74) is 5.66. The van der Waals surface area contributed by atoms with Crippen LogP contribution in [0.25, 0.3) is 0 Å². The third-order valence-corrected chi connectivity index (χ3v) is 4.03. The Bertz CT molecular complexity index is 749. The summed E-state index contributed by atoms with van der Waals surface area (Å²) in [4.78, 5) is 2.19. The van der Waals surface area contributed by atoms with Crippen molar-refractivity contribution in [3.8, 4) is 5.75 Å². The van der Waals surface area contributed by atoms with Crippen LogP contribution < -0.4 is 9.64 Å². The average Bonchev–Trinajstić information content (AvgIpc) is 2.64. The number of benzene rings is 3. The highest BCUT2D eigenvalue weighted by atomic mass is 19.1. The van der Waals surface area contributed by atoms with Gasteiger partial charge in [-0.15, -0.1) is 0 Å². The first-order valence-electron chi connectivity index (χ1n) is 8.39. The number of halogens is 1. The molecule has 0 aliphatic heterocycles. The minimum atomic E-state index is -0.486. The molecule has 0 radical (unpaired) electrons. The fourth-order valence-electron chi connectivity index (χ4n) is 2.68. The number of nitrogens with zero attached hydrogens (tertiary/aromatic N) is 1. The Morgan fingerprint density at radius 1 is 0.680 bits per heavy atom. The number of rotatable bonds is 6. The molecule has 25 heavy (non-hydrogen) atoms. The second-order valence-electron chi connectivity index (χ2n) is 6.04. The summed E-state index contributed by atoms with van der Waals surface area (Å²) in [5, 5.41) is 0. The third kappa shape index (κ3) is 4.18. The van der Waals surface area contributed by atoms with Gasteiger partial charge < -0.3 is 9.64 Å². The Kier molecular flexibility index (Phi) is 5.34. The maximum absolute atomic E-state index is 12.3. The minimum Gasteiger partial charge on any atom is -0.491 e. The molecule has 0 N–H and O–H groups in total. The molecule has 0 atom stereocenters. The van der Waals surface area contributed by atoms with Crippen LogP contribution in [-0.4, -0.2) is 13.3 Å². The van der Waals surface area contributed by atoms with E-state index in [-0.39, 0.29) is 6.61 Å². The highest BCUT2D eigenvalue weighted by molar-refractivity contribution is 5.76. The van der Waals surface area contributed by atoms with E-state index in [1.807, 2.05) is 24.3 Å². The summed E-state index contributed by atoms with van der Waals surface area (Å²) >= 11 is 0. The molecule has 0 aliphatic carbocycles. The Hall–Kier alpha value is -2.81. The molecule has 128 valence electrons. The lowest BCUT2D eigenvalue weighted by Crippen LogP contribution is -2.10. The standard InChI is InChI=1S/C22H22FNO/c1-17-3-7-19(8-4-17)24(20-9-5-18(2)6-10-20)21-11-13-22(14-12-21)25-16-15-23/h3-14H,15-16H2,1-2H3. The zero-order chi connectivity index (χ0) is 17.6. The molecule has 0 spiro atoms. The van der Waals surface area contributed by atoms with Gasteiger partial charge in [0.15, 0.2) is 0 Å². The monoisotopic (exact) mass is 335 g/mol. The average molecular weight is 335 g/mol. The van der Waals surface area contributed by atoms with E-state index >= 15 is 0 Å². The number of alkyl halides is 1. The van der Waals surface area contributed by atoms with E-state index in [1.54, 1.807) is 0 Å². The van der Waals surface area contributed by atoms with Crippen LogP contribution in [0.3, 0.4) is 0 Å². The van der Waals surface area contributed by atoms with Crippen molar-refractivity contribution in [1.29, 1.82) is 0 Å². The van der Waals surface area contributed by atoms with Gasteiger partial charge >= 0.3 is 0 Å². The van der Waals surface area contributed by atoms with Crippen molar-refractivity contribution in [1.82, 2.24) is 0 Å². The van der Waals surface area contributed by atoms with Gasteiger partial charge in [-0.25, -0.2) is 4.39 Å². The molecule has 2 nitrogen and oxygen atoms in total. The maximum Gasteiger partial charge on any atom is 0.123 e. The fourth-order valence-corrected chi connectivity index (χ4v) is 2.68. The van der Waals surface area contributed by atoms with Crippen LogP contribution in [0.2, 0.25) is 0 Å². The molecule has 0 aliphatic rings. The van der Waals surface area contributed by atoms with E-state index in [1.165, 1.54) is 11.1 Å². The molecule has 3 heteroatoms. The molecule has 0 saturated carbocycles. The van der Waals surface area contributed by atoms with Gasteiger partial charge in [-0.1, -0.05) is 35.4 Å². The normalized spacial score (nSPS) is 10.5. The quantitative estimate of drug-likeness (QED) is 0.538. The zero-order valence-corrected chi connectivity index (χ0v) is 14.6. The first kappa shape index (κ1) is 17.0. The van der Waals surface area contributed by atoms with Crippen molar-refractivity contribution < 1.29 is 9.13 Å². The lowest BCUT2D eigenvalue weighted by molar-refractivity contribution is 0.273. The van der Waals surface area contributed by atoms with Gasteiger partial charge in [0, 0.05) is 17.1 Å². The second kappa shape index (κ2) is 7.84. The van der Waals surface area contributed by atoms with Gasteiger partial charge in [0.25, 0.3) is 0 Å². The molecule has 3 aromatic rings. The van der Waals surface area contributed by atoms with E-state index < -0.39 is 6.67 Å². The van der Waals surface area contributed by atoms with E-state index in [0.717, 1.165) is 17.1 Å². The molecule has 0 aromatic heterocycles. The Labute approximate surface area is 148 Å². The van der Waals surface area contributed by atoms with Crippen LogP contribution >= 0.6 is 0 Å². The van der Waals surface area contributed by atoms with Crippen LogP contribution in [0.1, 0.15) is 11.1 Å². The molecule has 0 amide bonds. The number of aryl methyl sites for hydroxylation is 2. The van der Waals surface area contributed by atoms with E-state index in [2.05, 4.69) is 67.3 Å². The summed E-state index contributed by atoms with van der Waals surface area (Å²) in [6.45, 7) is 3.76. The minimum absolute atomic E-state index is 0.0823. The zero-order valence-electron chi connectivity index (χ0n) is 14.6. The van der Waals surface area contributed by atoms with Crippen molar-refractivity contribution in [3.63, 3.8) is 0 Å². The van der Waals surface area contributed by atoms with Crippen LogP contribution in [0.4, 0.5) is 21.5 Å². The Balaban J connectivity index is 1.98. The number of ether oxygens (including phenoxy) is 1. The van der Waals surface area contributed by atoms with Gasteiger partial charge in [0.05, 0.1) is 0 Å². The Morgan fingerprint density at radius 2 is 1.08 bits per heavy atom. The van der Waals surface area contributed by atoms with Crippen LogP contribution in [0, 0.1) is 13.8 Å². The van der Waals surface area contributed by atoms with Crippen molar-refractivity contribution in [2.75, 3.05) is 18.2 Å². The molecule has 0 bridgehead atoms. The first-order chi connectivity index (χ1) is 12.2. The van der Waals surface area contributed by atoms with Gasteiger partial charge in [-0.05, 0) is 62.4 Å². The van der Waals surface area contributed by atoms with Crippen molar-refractivity contribution >= 4 is 17.1 Å². The van der Waals surface area contributed by atoms with E-state index in [4.69, 9.17) is 4.74 Å². The smallest absolute Gasteiger partial charge is 0.123 e. The van der Waals surface area contributed by atoms with E-state index in [0.29, 0.717) is 5.75 Å². The summed E-state index contributed by atoms with van der Waals surface area (Å²) in [5.74, 6) is 0.675. The van der Waals surface area contributed by atoms with Crippen LogP contribution in [0.5, 0.6) is 5.75 Å². The predicted octanol–water partition coefficient (Wildman–Crippen LogP) is 6.12. The summed E-state index contributed by atoms with van der Waals surface area (Å²) < 4.78 is 17.6. The third-order valence-electron chi connectivity index (χ3n) is 4.03. The van der Waals surface area contributed by atoms with Gasteiger partial charge in [0.1, 0.15) is 19.0 Å². The van der Waals surface area contributed by atoms with Gasteiger partial charge in [0.2, 0.25) is 0 Å². The summed E-state index contributed by atoms with van der Waals surface area (Å²) in [6.07, 6.45) is 0. The van der Waals surface area contributed by atoms with Crippen LogP contribution in [-0.2, 0) is 0 Å². The molecule has 0 saturated heterocycles. The fraction of sp³-hybridized carbons (Fsp3) is 0.182. The number of hydrogen-bond donors (Lipinski definition) is 0. The van der Waals surface area contributed by atoms with Gasteiger partial charge in [-0.3, -0.25) is 0 Å². The Morgan fingerprint density at radius 3 is 1.48 bits per heavy atom.